The lowest BCUT2D eigenvalue weighted by Crippen LogP contribution is -2.56. The number of hydrogen-bond acceptors (Lipinski definition) is 3. The second kappa shape index (κ2) is 6.32. The van der Waals surface area contributed by atoms with Crippen LogP contribution in [0.3, 0.4) is 0 Å². The number of rotatable bonds is 2. The molecule has 1 heterocycles. The van der Waals surface area contributed by atoms with E-state index in [1.807, 2.05) is 31.2 Å². The number of nitrogens with zero attached hydrogens (tertiary/aromatic N) is 2. The van der Waals surface area contributed by atoms with Crippen LogP contribution in [0.25, 0.3) is 0 Å². The lowest BCUT2D eigenvalue weighted by Gasteiger charge is -2.38. The average molecular weight is 316 g/mol. The molecule has 1 saturated heterocycles. The molecule has 0 unspecified atom stereocenters. The molecular formula is C18H24N2O3. The number of carbonyl (C=O) groups excluding carboxylic acids is 2. The molecule has 5 nitrogen and oxygen atoms in total. The van der Waals surface area contributed by atoms with Crippen molar-refractivity contribution in [2.45, 2.75) is 38.2 Å². The third-order valence-electron chi connectivity index (χ3n) is 4.98. The summed E-state index contributed by atoms with van der Waals surface area (Å²) < 4.78 is 0. The molecule has 0 atom stereocenters. The van der Waals surface area contributed by atoms with Gasteiger partial charge in [0.15, 0.2) is 0 Å². The Balaban J connectivity index is 1.59. The number of aryl methyl sites for hydroxylation is 1. The van der Waals surface area contributed by atoms with Gasteiger partial charge in [-0.15, -0.1) is 0 Å². The Morgan fingerprint density at radius 2 is 1.48 bits per heavy atom. The molecule has 1 saturated carbocycles. The summed E-state index contributed by atoms with van der Waals surface area (Å²) in [4.78, 5) is 28.5. The van der Waals surface area contributed by atoms with Crippen molar-refractivity contribution >= 4 is 11.8 Å². The van der Waals surface area contributed by atoms with Gasteiger partial charge < -0.3 is 14.9 Å². The molecule has 5 heteroatoms. The maximum atomic E-state index is 12.5. The van der Waals surface area contributed by atoms with Crippen LogP contribution in [0.15, 0.2) is 24.3 Å². The van der Waals surface area contributed by atoms with Gasteiger partial charge in [0, 0.05) is 31.7 Å². The normalized spacial score (nSPS) is 20.6. The summed E-state index contributed by atoms with van der Waals surface area (Å²) >= 11 is 0. The Bertz CT molecular complexity index is 583. The molecule has 1 aliphatic carbocycles. The second-order valence-electron chi connectivity index (χ2n) is 6.69. The summed E-state index contributed by atoms with van der Waals surface area (Å²) in [5.74, 6) is -0.144. The monoisotopic (exact) mass is 316 g/mol. The number of benzene rings is 1. The molecule has 23 heavy (non-hydrogen) atoms. The number of piperazine rings is 1. The van der Waals surface area contributed by atoms with Crippen molar-refractivity contribution in [2.24, 2.45) is 0 Å². The van der Waals surface area contributed by atoms with E-state index < -0.39 is 5.60 Å². The molecule has 0 spiro atoms. The highest BCUT2D eigenvalue weighted by atomic mass is 16.3. The molecular weight excluding hydrogens is 292 g/mol. The van der Waals surface area contributed by atoms with E-state index in [1.165, 1.54) is 0 Å². The highest BCUT2D eigenvalue weighted by molar-refractivity contribution is 5.94. The molecule has 124 valence electrons. The van der Waals surface area contributed by atoms with Gasteiger partial charge in [0.25, 0.3) is 11.8 Å². The molecule has 1 aliphatic heterocycles. The van der Waals surface area contributed by atoms with Crippen LogP contribution in [0.5, 0.6) is 0 Å². The van der Waals surface area contributed by atoms with Crippen molar-refractivity contribution in [3.8, 4) is 0 Å². The van der Waals surface area contributed by atoms with E-state index in [2.05, 4.69) is 0 Å². The maximum absolute atomic E-state index is 12.5. The van der Waals surface area contributed by atoms with Crippen molar-refractivity contribution in [1.29, 1.82) is 0 Å². The van der Waals surface area contributed by atoms with E-state index in [0.717, 1.165) is 18.4 Å². The maximum Gasteiger partial charge on any atom is 0.254 e. The minimum atomic E-state index is -1.16. The highest BCUT2D eigenvalue weighted by Crippen LogP contribution is 2.31. The zero-order chi connectivity index (χ0) is 16.4. The number of aliphatic hydroxyl groups is 1. The van der Waals surface area contributed by atoms with Crippen LogP contribution in [-0.2, 0) is 4.79 Å². The molecule has 0 radical (unpaired) electrons. The van der Waals surface area contributed by atoms with Gasteiger partial charge in [-0.1, -0.05) is 17.7 Å². The van der Waals surface area contributed by atoms with Crippen LogP contribution in [0, 0.1) is 6.92 Å². The van der Waals surface area contributed by atoms with Crippen LogP contribution in [0.1, 0.15) is 41.6 Å². The molecule has 0 bridgehead atoms. The van der Waals surface area contributed by atoms with Gasteiger partial charge in [-0.3, -0.25) is 9.59 Å². The van der Waals surface area contributed by atoms with Crippen LogP contribution in [0.2, 0.25) is 0 Å². The number of amides is 2. The molecule has 1 N–H and O–H groups in total. The molecule has 2 aliphatic rings. The van der Waals surface area contributed by atoms with Crippen LogP contribution in [-0.4, -0.2) is 58.5 Å². The lowest BCUT2D eigenvalue weighted by atomic mass is 10.00. The van der Waals surface area contributed by atoms with E-state index in [9.17, 15) is 14.7 Å². The first-order valence-corrected chi connectivity index (χ1v) is 8.37. The van der Waals surface area contributed by atoms with Crippen LogP contribution < -0.4 is 0 Å². The minimum absolute atomic E-state index is 0.0108. The Morgan fingerprint density at radius 3 is 2.04 bits per heavy atom. The van der Waals surface area contributed by atoms with Gasteiger partial charge in [0.1, 0.15) is 5.60 Å². The van der Waals surface area contributed by atoms with E-state index in [4.69, 9.17) is 0 Å². The predicted octanol–water partition coefficient (Wildman–Crippen LogP) is 1.58. The Hall–Kier alpha value is -1.88. The predicted molar refractivity (Wildman–Crippen MR) is 87.1 cm³/mol. The summed E-state index contributed by atoms with van der Waals surface area (Å²) in [7, 11) is 0. The molecule has 0 aromatic heterocycles. The Labute approximate surface area is 136 Å². The summed E-state index contributed by atoms with van der Waals surface area (Å²) in [6.45, 7) is 4.03. The smallest absolute Gasteiger partial charge is 0.254 e. The summed E-state index contributed by atoms with van der Waals surface area (Å²) in [6.07, 6.45) is 2.95. The summed E-state index contributed by atoms with van der Waals surface area (Å²) in [6, 6.07) is 7.55. The highest BCUT2D eigenvalue weighted by Gasteiger charge is 2.42. The zero-order valence-corrected chi connectivity index (χ0v) is 13.6. The second-order valence-corrected chi connectivity index (χ2v) is 6.69. The molecule has 3 rings (SSSR count). The quantitative estimate of drug-likeness (QED) is 0.901. The van der Waals surface area contributed by atoms with Crippen molar-refractivity contribution in [3.63, 3.8) is 0 Å². The van der Waals surface area contributed by atoms with Gasteiger partial charge in [0.05, 0.1) is 0 Å². The summed E-state index contributed by atoms with van der Waals surface area (Å²) in [5.41, 5.74) is 0.648. The largest absolute Gasteiger partial charge is 0.380 e. The van der Waals surface area contributed by atoms with E-state index in [-0.39, 0.29) is 11.8 Å². The first-order valence-electron chi connectivity index (χ1n) is 8.37. The topological polar surface area (TPSA) is 60.9 Å². The van der Waals surface area contributed by atoms with E-state index in [1.54, 1.807) is 9.80 Å². The number of hydrogen-bond donors (Lipinski definition) is 1. The Kier molecular flexibility index (Phi) is 4.39. The van der Waals surface area contributed by atoms with Crippen molar-refractivity contribution < 1.29 is 14.7 Å². The van der Waals surface area contributed by atoms with Gasteiger partial charge in [-0.2, -0.15) is 0 Å². The zero-order valence-electron chi connectivity index (χ0n) is 13.6. The molecule has 2 amide bonds. The fraction of sp³-hybridized carbons (Fsp3) is 0.556. The molecule has 1 aromatic rings. The van der Waals surface area contributed by atoms with E-state index >= 15 is 0 Å². The third kappa shape index (κ3) is 3.24. The summed E-state index contributed by atoms with van der Waals surface area (Å²) in [5, 5.41) is 10.4. The molecule has 2 fully saturated rings. The first kappa shape index (κ1) is 16.0. The van der Waals surface area contributed by atoms with E-state index in [0.29, 0.717) is 44.6 Å². The van der Waals surface area contributed by atoms with Gasteiger partial charge in [-0.05, 0) is 44.7 Å². The van der Waals surface area contributed by atoms with Crippen LogP contribution >= 0.6 is 0 Å². The Morgan fingerprint density at radius 1 is 0.957 bits per heavy atom. The van der Waals surface area contributed by atoms with Crippen LogP contribution in [0.4, 0.5) is 0 Å². The standard InChI is InChI=1S/C18H24N2O3/c1-14-4-6-15(7-5-14)16(21)19-10-12-20(13-11-19)17(22)18(23)8-2-3-9-18/h4-7,23H,2-3,8-13H2,1H3. The average Bonchev–Trinajstić information content (AvgIpc) is 3.02. The van der Waals surface area contributed by atoms with Crippen molar-refractivity contribution in [3.05, 3.63) is 35.4 Å². The third-order valence-corrected chi connectivity index (χ3v) is 4.98. The number of carbonyl (C=O) groups is 2. The minimum Gasteiger partial charge on any atom is -0.380 e. The lowest BCUT2D eigenvalue weighted by molar-refractivity contribution is -0.152. The fourth-order valence-corrected chi connectivity index (χ4v) is 3.46. The SMILES string of the molecule is Cc1ccc(C(=O)N2CCN(C(=O)C3(O)CCCC3)CC2)cc1. The van der Waals surface area contributed by atoms with Gasteiger partial charge in [0.2, 0.25) is 0 Å². The fourth-order valence-electron chi connectivity index (χ4n) is 3.46. The molecule has 1 aromatic carbocycles. The van der Waals surface area contributed by atoms with Gasteiger partial charge >= 0.3 is 0 Å². The van der Waals surface area contributed by atoms with Gasteiger partial charge in [-0.25, -0.2) is 0 Å². The first-order chi connectivity index (χ1) is 11.0. The van der Waals surface area contributed by atoms with Crippen molar-refractivity contribution in [1.82, 2.24) is 9.80 Å². The van der Waals surface area contributed by atoms with Crippen molar-refractivity contribution in [2.75, 3.05) is 26.2 Å².